The van der Waals surface area contributed by atoms with E-state index in [0.717, 1.165) is 13.0 Å². The van der Waals surface area contributed by atoms with Crippen LogP contribution in [0.4, 0.5) is 0 Å². The van der Waals surface area contributed by atoms with Crippen LogP contribution in [0.2, 0.25) is 0 Å². The molecule has 2 N–H and O–H groups in total. The van der Waals surface area contributed by atoms with Crippen molar-refractivity contribution in [2.45, 2.75) is 109 Å². The zero-order valence-corrected chi connectivity index (χ0v) is 14.0. The summed E-state index contributed by atoms with van der Waals surface area (Å²) in [6, 6.07) is 0.249. The molecule has 0 spiro atoms. The SMILES string of the molecule is CCCCCCCCCC(N)C1(OCC)CCCCC1. The van der Waals surface area contributed by atoms with E-state index in [4.69, 9.17) is 10.5 Å². The molecule has 1 aliphatic rings. The van der Waals surface area contributed by atoms with Crippen LogP contribution in [0, 0.1) is 0 Å². The fourth-order valence-corrected chi connectivity index (χ4v) is 3.64. The van der Waals surface area contributed by atoms with Crippen molar-refractivity contribution in [2.75, 3.05) is 6.61 Å². The van der Waals surface area contributed by atoms with Crippen molar-refractivity contribution >= 4 is 0 Å². The number of hydrogen-bond donors (Lipinski definition) is 1. The Hall–Kier alpha value is -0.0800. The third-order valence-electron chi connectivity index (χ3n) is 4.93. The van der Waals surface area contributed by atoms with Gasteiger partial charge in [0.1, 0.15) is 0 Å². The van der Waals surface area contributed by atoms with E-state index in [1.165, 1.54) is 77.0 Å². The van der Waals surface area contributed by atoms with Crippen LogP contribution in [-0.4, -0.2) is 18.2 Å². The van der Waals surface area contributed by atoms with Gasteiger partial charge in [0.2, 0.25) is 0 Å². The van der Waals surface area contributed by atoms with Crippen molar-refractivity contribution in [1.29, 1.82) is 0 Å². The maximum absolute atomic E-state index is 6.51. The predicted molar refractivity (Wildman–Crippen MR) is 88.0 cm³/mol. The molecule has 120 valence electrons. The molecule has 0 aliphatic heterocycles. The van der Waals surface area contributed by atoms with Crippen molar-refractivity contribution in [3.8, 4) is 0 Å². The largest absolute Gasteiger partial charge is 0.374 e. The molecule has 1 aliphatic carbocycles. The van der Waals surface area contributed by atoms with Crippen LogP contribution in [0.3, 0.4) is 0 Å². The van der Waals surface area contributed by atoms with E-state index in [0.29, 0.717) is 0 Å². The highest BCUT2D eigenvalue weighted by Gasteiger charge is 2.38. The molecule has 0 aromatic heterocycles. The third kappa shape index (κ3) is 6.13. The Kier molecular flexibility index (Phi) is 9.54. The fourth-order valence-electron chi connectivity index (χ4n) is 3.64. The van der Waals surface area contributed by atoms with Gasteiger partial charge in [-0.2, -0.15) is 0 Å². The highest BCUT2D eigenvalue weighted by Crippen LogP contribution is 2.35. The summed E-state index contributed by atoms with van der Waals surface area (Å²) in [4.78, 5) is 0. The second kappa shape index (κ2) is 10.6. The summed E-state index contributed by atoms with van der Waals surface area (Å²) < 4.78 is 6.12. The molecule has 1 atom stereocenters. The summed E-state index contributed by atoms with van der Waals surface area (Å²) in [6.45, 7) is 5.19. The van der Waals surface area contributed by atoms with Crippen LogP contribution < -0.4 is 5.73 Å². The molecule has 0 heterocycles. The minimum Gasteiger partial charge on any atom is -0.374 e. The zero-order valence-electron chi connectivity index (χ0n) is 14.0. The van der Waals surface area contributed by atoms with Crippen molar-refractivity contribution < 1.29 is 4.74 Å². The van der Waals surface area contributed by atoms with Crippen molar-refractivity contribution in [3.63, 3.8) is 0 Å². The first-order valence-corrected chi connectivity index (χ1v) is 9.14. The normalized spacial score (nSPS) is 19.9. The van der Waals surface area contributed by atoms with E-state index in [2.05, 4.69) is 13.8 Å². The third-order valence-corrected chi connectivity index (χ3v) is 4.93. The Morgan fingerprint density at radius 2 is 1.50 bits per heavy atom. The second-order valence-corrected chi connectivity index (χ2v) is 6.57. The summed E-state index contributed by atoms with van der Waals surface area (Å²) in [7, 11) is 0. The average Bonchev–Trinajstić information content (AvgIpc) is 2.47. The van der Waals surface area contributed by atoms with Gasteiger partial charge in [0, 0.05) is 12.6 Å². The van der Waals surface area contributed by atoms with Gasteiger partial charge >= 0.3 is 0 Å². The van der Waals surface area contributed by atoms with E-state index < -0.39 is 0 Å². The predicted octanol–water partition coefficient (Wildman–Crippen LogP) is 5.19. The van der Waals surface area contributed by atoms with Crippen LogP contribution in [0.25, 0.3) is 0 Å². The first kappa shape index (κ1) is 18.0. The minimum absolute atomic E-state index is 0.00914. The van der Waals surface area contributed by atoms with Crippen LogP contribution in [-0.2, 0) is 4.74 Å². The summed E-state index contributed by atoms with van der Waals surface area (Å²) in [6.07, 6.45) is 17.0. The van der Waals surface area contributed by atoms with E-state index in [1.807, 2.05) is 0 Å². The lowest BCUT2D eigenvalue weighted by Crippen LogP contribution is -2.51. The fraction of sp³-hybridized carbons (Fsp3) is 1.00. The number of unbranched alkanes of at least 4 members (excludes halogenated alkanes) is 6. The minimum atomic E-state index is 0.00914. The van der Waals surface area contributed by atoms with E-state index in [9.17, 15) is 0 Å². The Morgan fingerprint density at radius 1 is 0.900 bits per heavy atom. The van der Waals surface area contributed by atoms with E-state index in [1.54, 1.807) is 0 Å². The van der Waals surface area contributed by atoms with Gasteiger partial charge in [0.05, 0.1) is 5.60 Å². The van der Waals surface area contributed by atoms with Gasteiger partial charge in [-0.25, -0.2) is 0 Å². The standard InChI is InChI=1S/C18H37NO/c1-3-5-6-7-8-9-11-14-17(19)18(20-4-2)15-12-10-13-16-18/h17H,3-16,19H2,1-2H3. The lowest BCUT2D eigenvalue weighted by atomic mass is 9.77. The second-order valence-electron chi connectivity index (χ2n) is 6.57. The molecule has 1 fully saturated rings. The summed E-state index contributed by atoms with van der Waals surface area (Å²) in [5.74, 6) is 0. The van der Waals surface area contributed by atoms with Gasteiger partial charge in [0.15, 0.2) is 0 Å². The number of nitrogens with two attached hydrogens (primary N) is 1. The maximum Gasteiger partial charge on any atom is 0.0832 e. The van der Waals surface area contributed by atoms with Gasteiger partial charge in [-0.15, -0.1) is 0 Å². The molecule has 20 heavy (non-hydrogen) atoms. The maximum atomic E-state index is 6.51. The van der Waals surface area contributed by atoms with Crippen LogP contribution in [0.15, 0.2) is 0 Å². The number of ether oxygens (including phenoxy) is 1. The Balaban J connectivity index is 2.19. The lowest BCUT2D eigenvalue weighted by Gasteiger charge is -2.41. The summed E-state index contributed by atoms with van der Waals surface area (Å²) in [5, 5.41) is 0. The molecule has 2 heteroatoms. The molecule has 0 saturated heterocycles. The highest BCUT2D eigenvalue weighted by atomic mass is 16.5. The molecule has 0 bridgehead atoms. The molecule has 0 amide bonds. The summed E-state index contributed by atoms with van der Waals surface area (Å²) in [5.41, 5.74) is 6.52. The van der Waals surface area contributed by atoms with Crippen molar-refractivity contribution in [3.05, 3.63) is 0 Å². The molecule has 1 unspecified atom stereocenters. The molecule has 1 saturated carbocycles. The highest BCUT2D eigenvalue weighted by molar-refractivity contribution is 4.93. The molecular formula is C18H37NO. The average molecular weight is 284 g/mol. The smallest absolute Gasteiger partial charge is 0.0832 e. The molecule has 0 aromatic carbocycles. The summed E-state index contributed by atoms with van der Waals surface area (Å²) >= 11 is 0. The Labute approximate surface area is 126 Å². The van der Waals surface area contributed by atoms with Crippen LogP contribution >= 0.6 is 0 Å². The first-order chi connectivity index (χ1) is 9.75. The quantitative estimate of drug-likeness (QED) is 0.529. The van der Waals surface area contributed by atoms with E-state index in [-0.39, 0.29) is 11.6 Å². The number of hydrogen-bond acceptors (Lipinski definition) is 2. The van der Waals surface area contributed by atoms with Crippen molar-refractivity contribution in [1.82, 2.24) is 0 Å². The zero-order chi connectivity index (χ0) is 14.7. The number of rotatable bonds is 11. The topological polar surface area (TPSA) is 35.2 Å². The monoisotopic (exact) mass is 283 g/mol. The van der Waals surface area contributed by atoms with Gasteiger partial charge in [-0.05, 0) is 26.2 Å². The Bertz CT molecular complexity index is 218. The molecule has 2 nitrogen and oxygen atoms in total. The molecule has 1 rings (SSSR count). The van der Waals surface area contributed by atoms with Gasteiger partial charge in [-0.3, -0.25) is 0 Å². The molecular weight excluding hydrogens is 246 g/mol. The lowest BCUT2D eigenvalue weighted by molar-refractivity contribution is -0.0837. The Morgan fingerprint density at radius 3 is 2.10 bits per heavy atom. The molecule has 0 aromatic rings. The van der Waals surface area contributed by atoms with Crippen molar-refractivity contribution in [2.24, 2.45) is 5.73 Å². The van der Waals surface area contributed by atoms with Gasteiger partial charge in [-0.1, -0.05) is 71.1 Å². The first-order valence-electron chi connectivity index (χ1n) is 9.14. The van der Waals surface area contributed by atoms with Gasteiger partial charge < -0.3 is 10.5 Å². The van der Waals surface area contributed by atoms with E-state index >= 15 is 0 Å². The molecule has 0 radical (unpaired) electrons. The van der Waals surface area contributed by atoms with Crippen LogP contribution in [0.5, 0.6) is 0 Å². The van der Waals surface area contributed by atoms with Gasteiger partial charge in [0.25, 0.3) is 0 Å². The van der Waals surface area contributed by atoms with Crippen LogP contribution in [0.1, 0.15) is 97.3 Å².